The average molecular weight is 203 g/mol. The molecule has 0 aromatic carbocycles. The van der Waals surface area contributed by atoms with Gasteiger partial charge in [0.25, 0.3) is 5.91 Å². The summed E-state index contributed by atoms with van der Waals surface area (Å²) in [5.41, 5.74) is 7.00. The Morgan fingerprint density at radius 1 is 1.50 bits per heavy atom. The van der Waals surface area contributed by atoms with Crippen LogP contribution < -0.4 is 16.5 Å². The van der Waals surface area contributed by atoms with E-state index in [-0.39, 0.29) is 18.4 Å². The van der Waals surface area contributed by atoms with Crippen LogP contribution in [0.2, 0.25) is 0 Å². The molecule has 0 aromatic rings. The third-order valence-corrected chi connectivity index (χ3v) is 2.11. The Bertz CT molecular complexity index is 208. The number of carbonyl (C=O) groups excluding carboxylic acids is 2. The largest absolute Gasteiger partial charge is 0.346 e. The number of amides is 2. The van der Waals surface area contributed by atoms with Crippen molar-refractivity contribution in [2.75, 3.05) is 6.54 Å². The minimum atomic E-state index is -0.672. The van der Waals surface area contributed by atoms with E-state index in [9.17, 15) is 9.59 Å². The summed E-state index contributed by atoms with van der Waals surface area (Å²) in [5, 5.41) is 10.5. The molecule has 6 heteroatoms. The molecule has 5 N–H and O–H groups in total. The van der Waals surface area contributed by atoms with Crippen LogP contribution in [0.15, 0.2) is 0 Å². The molecular weight excluding hydrogens is 186 g/mol. The van der Waals surface area contributed by atoms with E-state index in [1.165, 1.54) is 5.48 Å². The monoisotopic (exact) mass is 203 g/mol. The van der Waals surface area contributed by atoms with Crippen LogP contribution in [0.3, 0.4) is 0 Å². The van der Waals surface area contributed by atoms with Crippen LogP contribution in [0, 0.1) is 5.92 Å². The van der Waals surface area contributed by atoms with Crippen molar-refractivity contribution in [3.63, 3.8) is 0 Å². The summed E-state index contributed by atoms with van der Waals surface area (Å²) in [6.45, 7) is 3.52. The van der Waals surface area contributed by atoms with E-state index >= 15 is 0 Å². The molecule has 2 amide bonds. The first-order chi connectivity index (χ1) is 6.52. The van der Waals surface area contributed by atoms with E-state index in [0.717, 1.165) is 6.42 Å². The molecule has 14 heavy (non-hydrogen) atoms. The first-order valence-corrected chi connectivity index (χ1v) is 4.49. The third kappa shape index (κ3) is 4.20. The number of rotatable bonds is 5. The molecule has 0 rings (SSSR count). The molecule has 0 radical (unpaired) electrons. The highest BCUT2D eigenvalue weighted by Gasteiger charge is 2.19. The fraction of sp³-hybridized carbons (Fsp3) is 0.750. The molecule has 6 nitrogen and oxygen atoms in total. The molecular formula is C8H17N3O3. The summed E-state index contributed by atoms with van der Waals surface area (Å²) in [6.07, 6.45) is 0.792. The van der Waals surface area contributed by atoms with E-state index < -0.39 is 11.9 Å². The molecule has 1 unspecified atom stereocenters. The van der Waals surface area contributed by atoms with Gasteiger partial charge in [-0.3, -0.25) is 14.8 Å². The maximum absolute atomic E-state index is 11.3. The van der Waals surface area contributed by atoms with E-state index in [1.54, 1.807) is 0 Å². The van der Waals surface area contributed by atoms with E-state index in [1.807, 2.05) is 13.8 Å². The zero-order valence-corrected chi connectivity index (χ0v) is 8.41. The molecule has 2 atom stereocenters. The maximum atomic E-state index is 11.3. The van der Waals surface area contributed by atoms with Crippen molar-refractivity contribution in [1.29, 1.82) is 0 Å². The highest BCUT2D eigenvalue weighted by atomic mass is 16.5. The van der Waals surface area contributed by atoms with Crippen molar-refractivity contribution in [2.45, 2.75) is 26.3 Å². The zero-order chi connectivity index (χ0) is 11.1. The zero-order valence-electron chi connectivity index (χ0n) is 8.41. The highest BCUT2D eigenvalue weighted by Crippen LogP contribution is 2.04. The summed E-state index contributed by atoms with van der Waals surface area (Å²) in [7, 11) is 0. The second kappa shape index (κ2) is 6.33. The predicted molar refractivity (Wildman–Crippen MR) is 50.4 cm³/mol. The molecule has 0 aliphatic heterocycles. The van der Waals surface area contributed by atoms with Gasteiger partial charge < -0.3 is 11.1 Å². The lowest BCUT2D eigenvalue weighted by molar-refractivity contribution is -0.131. The Morgan fingerprint density at radius 2 is 2.07 bits per heavy atom. The first kappa shape index (κ1) is 12.9. The molecule has 0 aliphatic rings. The highest BCUT2D eigenvalue weighted by molar-refractivity contribution is 5.86. The molecule has 0 spiro atoms. The lowest BCUT2D eigenvalue weighted by Crippen LogP contribution is -2.47. The summed E-state index contributed by atoms with van der Waals surface area (Å²) >= 11 is 0. The van der Waals surface area contributed by atoms with Crippen LogP contribution in [0.1, 0.15) is 20.3 Å². The fourth-order valence-electron chi connectivity index (χ4n) is 0.837. The molecule has 0 fully saturated rings. The summed E-state index contributed by atoms with van der Waals surface area (Å²) in [4.78, 5) is 21.8. The first-order valence-electron chi connectivity index (χ1n) is 4.49. The number of nitrogens with one attached hydrogen (secondary N) is 2. The Hall–Kier alpha value is -1.14. The fourth-order valence-corrected chi connectivity index (χ4v) is 0.837. The van der Waals surface area contributed by atoms with Gasteiger partial charge in [0.2, 0.25) is 5.91 Å². The van der Waals surface area contributed by atoms with Gasteiger partial charge in [-0.2, -0.15) is 0 Å². The van der Waals surface area contributed by atoms with E-state index in [4.69, 9.17) is 10.9 Å². The second-order valence-electron chi connectivity index (χ2n) is 3.16. The van der Waals surface area contributed by atoms with Crippen LogP contribution in [0.5, 0.6) is 0 Å². The Labute approximate surface area is 82.8 Å². The average Bonchev–Trinajstić information content (AvgIpc) is 2.22. The lowest BCUT2D eigenvalue weighted by atomic mass is 9.99. The number of nitrogens with two attached hydrogens (primary N) is 1. The summed E-state index contributed by atoms with van der Waals surface area (Å²) < 4.78 is 0. The van der Waals surface area contributed by atoms with Crippen LogP contribution in [-0.4, -0.2) is 29.6 Å². The normalized spacial score (nSPS) is 14.3. The van der Waals surface area contributed by atoms with Crippen molar-refractivity contribution < 1.29 is 14.8 Å². The molecule has 0 aromatic heterocycles. The van der Waals surface area contributed by atoms with E-state index in [2.05, 4.69) is 5.32 Å². The molecule has 0 saturated carbocycles. The number of hydrogen-bond acceptors (Lipinski definition) is 4. The topological polar surface area (TPSA) is 104 Å². The Balaban J connectivity index is 3.90. The van der Waals surface area contributed by atoms with Gasteiger partial charge in [-0.15, -0.1) is 0 Å². The standard InChI is InChI=1S/C8H17N3O3/c1-3-5(2)7(9)8(13)10-4-6(12)11-14/h5,7,14H,3-4,9H2,1-2H3,(H,10,13)(H,11,12)/t5?,7-/m0/s1. The third-order valence-electron chi connectivity index (χ3n) is 2.11. The van der Waals surface area contributed by atoms with Gasteiger partial charge in [0.1, 0.15) is 0 Å². The second-order valence-corrected chi connectivity index (χ2v) is 3.16. The number of carbonyl (C=O) groups is 2. The van der Waals surface area contributed by atoms with Gasteiger partial charge >= 0.3 is 0 Å². The lowest BCUT2D eigenvalue weighted by Gasteiger charge is -2.17. The van der Waals surface area contributed by atoms with Gasteiger partial charge in [0, 0.05) is 0 Å². The minimum Gasteiger partial charge on any atom is -0.346 e. The smallest absolute Gasteiger partial charge is 0.262 e. The van der Waals surface area contributed by atoms with Gasteiger partial charge in [-0.05, 0) is 5.92 Å². The molecule has 0 aliphatic carbocycles. The van der Waals surface area contributed by atoms with Crippen molar-refractivity contribution in [2.24, 2.45) is 11.7 Å². The van der Waals surface area contributed by atoms with Gasteiger partial charge in [0.15, 0.2) is 0 Å². The SMILES string of the molecule is CCC(C)[C@H](N)C(=O)NCC(=O)NO. The summed E-state index contributed by atoms with van der Waals surface area (Å²) in [6, 6.07) is -0.619. The molecule has 0 bridgehead atoms. The van der Waals surface area contributed by atoms with Crippen molar-refractivity contribution in [3.05, 3.63) is 0 Å². The Morgan fingerprint density at radius 3 is 2.50 bits per heavy atom. The molecule has 0 saturated heterocycles. The van der Waals surface area contributed by atoms with Gasteiger partial charge in [-0.25, -0.2) is 5.48 Å². The van der Waals surface area contributed by atoms with Crippen molar-refractivity contribution >= 4 is 11.8 Å². The number of hydrogen-bond donors (Lipinski definition) is 4. The van der Waals surface area contributed by atoms with Crippen LogP contribution in [-0.2, 0) is 9.59 Å². The predicted octanol–water partition coefficient (Wildman–Crippen LogP) is -1.02. The number of hydroxylamine groups is 1. The van der Waals surface area contributed by atoms with Crippen LogP contribution in [0.25, 0.3) is 0 Å². The van der Waals surface area contributed by atoms with Gasteiger partial charge in [0.05, 0.1) is 12.6 Å². The maximum Gasteiger partial charge on any atom is 0.262 e. The van der Waals surface area contributed by atoms with Crippen LogP contribution in [0.4, 0.5) is 0 Å². The van der Waals surface area contributed by atoms with Gasteiger partial charge in [-0.1, -0.05) is 20.3 Å². The van der Waals surface area contributed by atoms with Crippen molar-refractivity contribution in [1.82, 2.24) is 10.8 Å². The van der Waals surface area contributed by atoms with Crippen molar-refractivity contribution in [3.8, 4) is 0 Å². The molecule has 0 heterocycles. The molecule has 82 valence electrons. The Kier molecular flexibility index (Phi) is 5.82. The minimum absolute atomic E-state index is 0.0622. The quantitative estimate of drug-likeness (QED) is 0.339. The van der Waals surface area contributed by atoms with Crippen LogP contribution >= 0.6 is 0 Å². The summed E-state index contributed by atoms with van der Waals surface area (Å²) in [5.74, 6) is -0.996. The van der Waals surface area contributed by atoms with E-state index in [0.29, 0.717) is 0 Å².